The molecule has 3 rings (SSSR count). The predicted molar refractivity (Wildman–Crippen MR) is 80.8 cm³/mol. The number of hydrogen-bond acceptors (Lipinski definition) is 3. The number of nitrogen functional groups attached to an aromatic ring is 1. The SMILES string of the molecule is Nn1c(CCSc2ccccc2)nc2ccccc21. The van der Waals surface area contributed by atoms with E-state index in [0.717, 1.165) is 29.0 Å². The van der Waals surface area contributed by atoms with E-state index in [1.54, 1.807) is 4.68 Å². The number of fused-ring (bicyclic) bond motifs is 1. The zero-order valence-corrected chi connectivity index (χ0v) is 11.3. The van der Waals surface area contributed by atoms with E-state index in [1.165, 1.54) is 4.90 Å². The number of nitrogens with two attached hydrogens (primary N) is 1. The summed E-state index contributed by atoms with van der Waals surface area (Å²) in [6.07, 6.45) is 0.866. The van der Waals surface area contributed by atoms with Crippen molar-refractivity contribution in [1.82, 2.24) is 9.66 Å². The number of hydrogen-bond donors (Lipinski definition) is 1. The summed E-state index contributed by atoms with van der Waals surface area (Å²) >= 11 is 1.82. The molecule has 0 amide bonds. The average Bonchev–Trinajstić information content (AvgIpc) is 2.78. The summed E-state index contributed by atoms with van der Waals surface area (Å²) in [6.45, 7) is 0. The summed E-state index contributed by atoms with van der Waals surface area (Å²) in [5.74, 6) is 7.97. The smallest absolute Gasteiger partial charge is 0.129 e. The Morgan fingerprint density at radius 3 is 2.53 bits per heavy atom. The fourth-order valence-corrected chi connectivity index (χ4v) is 2.92. The molecule has 1 heterocycles. The number of para-hydroxylation sites is 2. The number of thioether (sulfide) groups is 1. The number of imidazole rings is 1. The van der Waals surface area contributed by atoms with Gasteiger partial charge in [0.2, 0.25) is 0 Å². The molecule has 4 heteroatoms. The van der Waals surface area contributed by atoms with E-state index in [1.807, 2.05) is 42.1 Å². The van der Waals surface area contributed by atoms with Gasteiger partial charge in [0.1, 0.15) is 5.82 Å². The first-order valence-electron chi connectivity index (χ1n) is 6.24. The Labute approximate surface area is 116 Å². The van der Waals surface area contributed by atoms with Crippen molar-refractivity contribution in [2.45, 2.75) is 11.3 Å². The molecule has 0 aliphatic heterocycles. The van der Waals surface area contributed by atoms with Crippen LogP contribution >= 0.6 is 11.8 Å². The van der Waals surface area contributed by atoms with E-state index in [-0.39, 0.29) is 0 Å². The van der Waals surface area contributed by atoms with Crippen LogP contribution in [0.4, 0.5) is 0 Å². The molecule has 0 saturated carbocycles. The first-order valence-corrected chi connectivity index (χ1v) is 7.22. The molecule has 0 atom stereocenters. The first-order chi connectivity index (χ1) is 9.34. The number of aryl methyl sites for hydroxylation is 1. The van der Waals surface area contributed by atoms with Gasteiger partial charge in [-0.05, 0) is 24.3 Å². The van der Waals surface area contributed by atoms with Crippen LogP contribution in [0.3, 0.4) is 0 Å². The van der Waals surface area contributed by atoms with Gasteiger partial charge in [0.15, 0.2) is 0 Å². The molecule has 2 aromatic carbocycles. The Morgan fingerprint density at radius 2 is 1.74 bits per heavy atom. The van der Waals surface area contributed by atoms with Gasteiger partial charge in [-0.25, -0.2) is 9.66 Å². The van der Waals surface area contributed by atoms with Crippen LogP contribution in [0.2, 0.25) is 0 Å². The maximum Gasteiger partial charge on any atom is 0.129 e. The molecule has 0 fully saturated rings. The summed E-state index contributed by atoms with van der Waals surface area (Å²) < 4.78 is 1.70. The number of aromatic nitrogens is 2. The lowest BCUT2D eigenvalue weighted by Gasteiger charge is -2.02. The highest BCUT2D eigenvalue weighted by atomic mass is 32.2. The van der Waals surface area contributed by atoms with E-state index in [9.17, 15) is 0 Å². The zero-order chi connectivity index (χ0) is 13.1. The van der Waals surface area contributed by atoms with Crippen molar-refractivity contribution in [2.75, 3.05) is 11.6 Å². The maximum absolute atomic E-state index is 6.06. The minimum atomic E-state index is 0.866. The van der Waals surface area contributed by atoms with Gasteiger partial charge in [-0.2, -0.15) is 0 Å². The number of nitrogens with zero attached hydrogens (tertiary/aromatic N) is 2. The Bertz CT molecular complexity index is 676. The Kier molecular flexibility index (Phi) is 3.42. The van der Waals surface area contributed by atoms with Crippen LogP contribution in [0.1, 0.15) is 5.82 Å². The molecule has 0 spiro atoms. The monoisotopic (exact) mass is 269 g/mol. The van der Waals surface area contributed by atoms with E-state index in [0.29, 0.717) is 0 Å². The van der Waals surface area contributed by atoms with Crippen LogP contribution in [0.25, 0.3) is 11.0 Å². The lowest BCUT2D eigenvalue weighted by molar-refractivity contribution is 0.883. The molecule has 0 aliphatic carbocycles. The van der Waals surface area contributed by atoms with Crippen LogP contribution < -0.4 is 5.84 Å². The summed E-state index contributed by atoms with van der Waals surface area (Å²) in [5.41, 5.74) is 1.95. The van der Waals surface area contributed by atoms with Crippen LogP contribution in [-0.4, -0.2) is 15.4 Å². The molecular weight excluding hydrogens is 254 g/mol. The van der Waals surface area contributed by atoms with Crippen LogP contribution in [0, 0.1) is 0 Å². The van der Waals surface area contributed by atoms with Gasteiger partial charge in [0, 0.05) is 17.1 Å². The third-order valence-electron chi connectivity index (χ3n) is 3.01. The molecule has 96 valence electrons. The second-order valence-corrected chi connectivity index (χ2v) is 5.47. The minimum Gasteiger partial charge on any atom is -0.337 e. The van der Waals surface area contributed by atoms with Crippen molar-refractivity contribution >= 4 is 22.8 Å². The summed E-state index contributed by atoms with van der Waals surface area (Å²) in [4.78, 5) is 5.85. The van der Waals surface area contributed by atoms with Crippen LogP contribution in [0.15, 0.2) is 59.5 Å². The van der Waals surface area contributed by atoms with Gasteiger partial charge in [0.05, 0.1) is 11.0 Å². The van der Waals surface area contributed by atoms with Crippen molar-refractivity contribution in [3.8, 4) is 0 Å². The van der Waals surface area contributed by atoms with Gasteiger partial charge < -0.3 is 5.84 Å². The summed E-state index contributed by atoms with van der Waals surface area (Å²) in [5, 5.41) is 0. The van der Waals surface area contributed by atoms with Gasteiger partial charge in [-0.1, -0.05) is 30.3 Å². The maximum atomic E-state index is 6.06. The van der Waals surface area contributed by atoms with Crippen molar-refractivity contribution in [3.63, 3.8) is 0 Å². The molecule has 0 bridgehead atoms. The average molecular weight is 269 g/mol. The normalized spacial score (nSPS) is 10.9. The van der Waals surface area contributed by atoms with Gasteiger partial charge in [-0.15, -0.1) is 11.8 Å². The Hall–Kier alpha value is -1.94. The topological polar surface area (TPSA) is 43.8 Å². The Balaban J connectivity index is 1.70. The van der Waals surface area contributed by atoms with Crippen molar-refractivity contribution in [1.29, 1.82) is 0 Å². The second-order valence-electron chi connectivity index (χ2n) is 4.30. The Morgan fingerprint density at radius 1 is 1.00 bits per heavy atom. The third kappa shape index (κ3) is 2.58. The molecule has 2 N–H and O–H groups in total. The lowest BCUT2D eigenvalue weighted by Crippen LogP contribution is -2.13. The van der Waals surface area contributed by atoms with E-state index < -0.39 is 0 Å². The zero-order valence-electron chi connectivity index (χ0n) is 10.5. The number of rotatable bonds is 4. The van der Waals surface area contributed by atoms with E-state index in [2.05, 4.69) is 29.2 Å². The molecule has 1 aromatic heterocycles. The predicted octanol–water partition coefficient (Wildman–Crippen LogP) is 3.08. The van der Waals surface area contributed by atoms with Gasteiger partial charge in [-0.3, -0.25) is 0 Å². The summed E-state index contributed by atoms with van der Waals surface area (Å²) in [7, 11) is 0. The van der Waals surface area contributed by atoms with Crippen molar-refractivity contribution in [2.24, 2.45) is 0 Å². The second kappa shape index (κ2) is 5.36. The van der Waals surface area contributed by atoms with Crippen LogP contribution in [0.5, 0.6) is 0 Å². The highest BCUT2D eigenvalue weighted by molar-refractivity contribution is 7.99. The van der Waals surface area contributed by atoms with Crippen molar-refractivity contribution in [3.05, 3.63) is 60.4 Å². The lowest BCUT2D eigenvalue weighted by atomic mass is 10.3. The molecule has 0 unspecified atom stereocenters. The molecule has 0 saturated heterocycles. The standard InChI is InChI=1S/C15H15N3S/c16-18-14-9-5-4-8-13(14)17-15(18)10-11-19-12-6-2-1-3-7-12/h1-9H,10-11,16H2. The molecule has 19 heavy (non-hydrogen) atoms. The fraction of sp³-hybridized carbons (Fsp3) is 0.133. The number of benzene rings is 2. The summed E-state index contributed by atoms with van der Waals surface area (Å²) in [6, 6.07) is 18.3. The van der Waals surface area contributed by atoms with E-state index in [4.69, 9.17) is 5.84 Å². The molecule has 3 aromatic rings. The molecular formula is C15H15N3S. The molecule has 3 nitrogen and oxygen atoms in total. The largest absolute Gasteiger partial charge is 0.337 e. The quantitative estimate of drug-likeness (QED) is 0.584. The molecule has 0 radical (unpaired) electrons. The van der Waals surface area contributed by atoms with Gasteiger partial charge >= 0.3 is 0 Å². The minimum absolute atomic E-state index is 0.866. The van der Waals surface area contributed by atoms with E-state index >= 15 is 0 Å². The molecule has 0 aliphatic rings. The van der Waals surface area contributed by atoms with Crippen molar-refractivity contribution < 1.29 is 0 Å². The third-order valence-corrected chi connectivity index (χ3v) is 4.02. The fourth-order valence-electron chi connectivity index (χ4n) is 2.05. The highest BCUT2D eigenvalue weighted by Crippen LogP contribution is 2.19. The first kappa shape index (κ1) is 12.1. The van der Waals surface area contributed by atoms with Gasteiger partial charge in [0.25, 0.3) is 0 Å². The highest BCUT2D eigenvalue weighted by Gasteiger charge is 2.07. The van der Waals surface area contributed by atoms with Crippen LogP contribution in [-0.2, 0) is 6.42 Å².